The number of amides is 3. The van der Waals surface area contributed by atoms with Gasteiger partial charge in [-0.1, -0.05) is 51.1 Å². The molecule has 0 radical (unpaired) electrons. The summed E-state index contributed by atoms with van der Waals surface area (Å²) in [5.74, 6) is -2.79. The molecule has 0 aromatic heterocycles. The van der Waals surface area contributed by atoms with Crippen molar-refractivity contribution < 1.29 is 28.7 Å². The molecule has 0 aliphatic rings. The lowest BCUT2D eigenvalue weighted by Gasteiger charge is -2.25. The first-order valence-corrected chi connectivity index (χ1v) is 9.89. The Morgan fingerprint density at radius 3 is 2.17 bits per heavy atom. The van der Waals surface area contributed by atoms with Crippen LogP contribution in [-0.2, 0) is 30.5 Å². The van der Waals surface area contributed by atoms with Crippen LogP contribution >= 0.6 is 0 Å². The van der Waals surface area contributed by atoms with E-state index < -0.39 is 41.9 Å². The number of esters is 1. The maximum absolute atomic E-state index is 12.7. The quantitative estimate of drug-likeness (QED) is 0.463. The van der Waals surface area contributed by atoms with Gasteiger partial charge < -0.3 is 25.8 Å². The van der Waals surface area contributed by atoms with Crippen LogP contribution in [-0.4, -0.2) is 42.6 Å². The Hall–Kier alpha value is -3.10. The monoisotopic (exact) mass is 421 g/mol. The minimum Gasteiger partial charge on any atom is -0.466 e. The van der Waals surface area contributed by atoms with Gasteiger partial charge in [0.1, 0.15) is 18.7 Å². The Balaban J connectivity index is 2.70. The summed E-state index contributed by atoms with van der Waals surface area (Å²) in [7, 11) is 0. The van der Waals surface area contributed by atoms with Gasteiger partial charge in [-0.3, -0.25) is 14.4 Å². The Labute approximate surface area is 176 Å². The number of rotatable bonds is 11. The van der Waals surface area contributed by atoms with Crippen molar-refractivity contribution in [3.8, 4) is 0 Å². The topological polar surface area (TPSA) is 137 Å². The fourth-order valence-electron chi connectivity index (χ4n) is 2.67. The fourth-order valence-corrected chi connectivity index (χ4v) is 2.67. The van der Waals surface area contributed by atoms with Gasteiger partial charge in [0, 0.05) is 0 Å². The van der Waals surface area contributed by atoms with Gasteiger partial charge in [0.25, 0.3) is 0 Å². The van der Waals surface area contributed by atoms with Crippen LogP contribution in [0.4, 0.5) is 4.79 Å². The van der Waals surface area contributed by atoms with Crippen LogP contribution in [0.25, 0.3) is 0 Å². The van der Waals surface area contributed by atoms with Crippen molar-refractivity contribution >= 4 is 23.9 Å². The van der Waals surface area contributed by atoms with Gasteiger partial charge in [-0.05, 0) is 24.8 Å². The highest BCUT2D eigenvalue weighted by molar-refractivity contribution is 5.91. The molecule has 4 N–H and O–H groups in total. The molecule has 0 saturated carbocycles. The molecule has 0 spiro atoms. The van der Waals surface area contributed by atoms with Crippen molar-refractivity contribution in [2.75, 3.05) is 6.61 Å². The number of carbonyl (C=O) groups excluding carboxylic acids is 4. The molecule has 3 atom stereocenters. The highest BCUT2D eigenvalue weighted by atomic mass is 16.5. The molecule has 0 unspecified atom stereocenters. The van der Waals surface area contributed by atoms with Gasteiger partial charge in [-0.15, -0.1) is 0 Å². The van der Waals surface area contributed by atoms with Gasteiger partial charge >= 0.3 is 12.1 Å². The van der Waals surface area contributed by atoms with Gasteiger partial charge in [-0.25, -0.2) is 4.79 Å². The van der Waals surface area contributed by atoms with Crippen molar-refractivity contribution in [1.82, 2.24) is 10.6 Å². The summed E-state index contributed by atoms with van der Waals surface area (Å²) in [6.07, 6.45) is -0.772. The number of nitrogens with two attached hydrogens (primary N) is 1. The number of hydrogen-bond acceptors (Lipinski definition) is 6. The van der Waals surface area contributed by atoms with E-state index >= 15 is 0 Å². The Morgan fingerprint density at radius 2 is 1.63 bits per heavy atom. The van der Waals surface area contributed by atoms with Gasteiger partial charge in [0.05, 0.1) is 12.5 Å². The molecular weight excluding hydrogens is 390 g/mol. The van der Waals surface area contributed by atoms with Crippen LogP contribution in [0, 0.1) is 11.8 Å². The number of carbonyl (C=O) groups is 4. The summed E-state index contributed by atoms with van der Waals surface area (Å²) in [5.41, 5.74) is 6.18. The summed E-state index contributed by atoms with van der Waals surface area (Å²) >= 11 is 0. The largest absolute Gasteiger partial charge is 0.466 e. The summed E-state index contributed by atoms with van der Waals surface area (Å²) < 4.78 is 10.1. The summed E-state index contributed by atoms with van der Waals surface area (Å²) in [6.45, 7) is 7.00. The molecule has 0 aliphatic heterocycles. The van der Waals surface area contributed by atoms with Gasteiger partial charge in [0.15, 0.2) is 0 Å². The zero-order valence-electron chi connectivity index (χ0n) is 17.8. The number of nitrogens with one attached hydrogen (secondary N) is 2. The average molecular weight is 421 g/mol. The Bertz CT molecular complexity index is 723. The van der Waals surface area contributed by atoms with Gasteiger partial charge in [0.2, 0.25) is 11.8 Å². The molecule has 9 nitrogen and oxygen atoms in total. The van der Waals surface area contributed by atoms with E-state index in [2.05, 4.69) is 10.6 Å². The minimum atomic E-state index is -1.08. The van der Waals surface area contributed by atoms with Crippen molar-refractivity contribution in [1.29, 1.82) is 0 Å². The highest BCUT2D eigenvalue weighted by Crippen LogP contribution is 2.10. The van der Waals surface area contributed by atoms with Crippen molar-refractivity contribution in [3.63, 3.8) is 0 Å². The van der Waals surface area contributed by atoms with E-state index in [9.17, 15) is 19.2 Å². The summed E-state index contributed by atoms with van der Waals surface area (Å²) in [6, 6.07) is 7.07. The van der Waals surface area contributed by atoms with E-state index in [1.807, 2.05) is 30.3 Å². The smallest absolute Gasteiger partial charge is 0.408 e. The molecule has 166 valence electrons. The zero-order valence-corrected chi connectivity index (χ0v) is 17.8. The maximum atomic E-state index is 12.7. The third-order valence-electron chi connectivity index (χ3n) is 4.37. The summed E-state index contributed by atoms with van der Waals surface area (Å²) in [4.78, 5) is 48.4. The molecule has 1 aromatic carbocycles. The third kappa shape index (κ3) is 8.50. The second kappa shape index (κ2) is 12.5. The SMILES string of the molecule is CCOC(=O)[C@@H](C)C[C@H](NC(=O)[C@@H](NC(=O)OCc1ccccc1)C(C)C)C(N)=O. The Kier molecular flexibility index (Phi) is 10.4. The lowest BCUT2D eigenvalue weighted by Crippen LogP contribution is -2.55. The second-order valence-electron chi connectivity index (χ2n) is 7.28. The zero-order chi connectivity index (χ0) is 22.7. The Morgan fingerprint density at radius 1 is 1.00 bits per heavy atom. The molecule has 0 bridgehead atoms. The first kappa shape index (κ1) is 24.9. The van der Waals surface area contributed by atoms with Crippen molar-refractivity contribution in [3.05, 3.63) is 35.9 Å². The lowest BCUT2D eigenvalue weighted by molar-refractivity contribution is -0.148. The lowest BCUT2D eigenvalue weighted by atomic mass is 9.99. The van der Waals surface area contributed by atoms with Crippen LogP contribution in [0.1, 0.15) is 39.7 Å². The van der Waals surface area contributed by atoms with Crippen LogP contribution < -0.4 is 16.4 Å². The molecular formula is C21H31N3O6. The molecule has 0 aliphatic carbocycles. The number of primary amides is 1. The standard InChI is InChI=1S/C21H31N3O6/c1-5-29-20(27)14(4)11-16(18(22)25)23-19(26)17(13(2)3)24-21(28)30-12-15-9-7-6-8-10-15/h6-10,13-14,16-17H,5,11-12H2,1-4H3,(H2,22,25)(H,23,26)(H,24,28)/t14-,16-,17-/m0/s1. The van der Waals surface area contributed by atoms with Crippen LogP contribution in [0.5, 0.6) is 0 Å². The van der Waals surface area contributed by atoms with Crippen LogP contribution in [0.3, 0.4) is 0 Å². The normalized spacial score (nSPS) is 13.6. The molecule has 3 amide bonds. The number of alkyl carbamates (subject to hydrolysis) is 1. The van der Waals surface area contributed by atoms with E-state index in [1.54, 1.807) is 27.7 Å². The molecule has 0 fully saturated rings. The average Bonchev–Trinajstić information content (AvgIpc) is 2.70. The maximum Gasteiger partial charge on any atom is 0.408 e. The van der Waals surface area contributed by atoms with Crippen molar-refractivity contribution in [2.24, 2.45) is 17.6 Å². The summed E-state index contributed by atoms with van der Waals surface area (Å²) in [5, 5.41) is 5.02. The van der Waals surface area contributed by atoms with E-state index in [-0.39, 0.29) is 25.6 Å². The van der Waals surface area contributed by atoms with Crippen LogP contribution in [0.2, 0.25) is 0 Å². The third-order valence-corrected chi connectivity index (χ3v) is 4.37. The van der Waals surface area contributed by atoms with Crippen molar-refractivity contribution in [2.45, 2.75) is 52.8 Å². The van der Waals surface area contributed by atoms with Gasteiger partial charge in [-0.2, -0.15) is 0 Å². The van der Waals surface area contributed by atoms with E-state index in [0.717, 1.165) is 5.56 Å². The first-order chi connectivity index (χ1) is 14.1. The predicted octanol–water partition coefficient (Wildman–Crippen LogP) is 1.50. The molecule has 1 rings (SSSR count). The second-order valence-corrected chi connectivity index (χ2v) is 7.28. The first-order valence-electron chi connectivity index (χ1n) is 9.89. The van der Waals surface area contributed by atoms with Crippen LogP contribution in [0.15, 0.2) is 30.3 Å². The molecule has 30 heavy (non-hydrogen) atoms. The minimum absolute atomic E-state index is 0.0107. The van der Waals surface area contributed by atoms with E-state index in [4.69, 9.17) is 15.2 Å². The molecule has 9 heteroatoms. The number of ether oxygens (including phenoxy) is 2. The molecule has 0 saturated heterocycles. The fraction of sp³-hybridized carbons (Fsp3) is 0.524. The van der Waals surface area contributed by atoms with E-state index in [1.165, 1.54) is 0 Å². The predicted molar refractivity (Wildman–Crippen MR) is 110 cm³/mol. The molecule has 0 heterocycles. The number of benzene rings is 1. The molecule has 1 aromatic rings. The highest BCUT2D eigenvalue weighted by Gasteiger charge is 2.30. The number of hydrogen-bond donors (Lipinski definition) is 3. The van der Waals surface area contributed by atoms with E-state index in [0.29, 0.717) is 0 Å².